The van der Waals surface area contributed by atoms with Gasteiger partial charge in [-0.1, -0.05) is 6.07 Å². The molecule has 0 unspecified atom stereocenters. The number of phenols is 4. The molecule has 13 heteroatoms. The lowest BCUT2D eigenvalue weighted by atomic mass is 10.0. The molecule has 0 aliphatic carbocycles. The van der Waals surface area contributed by atoms with Gasteiger partial charge in [0.25, 0.3) is 0 Å². The average molecular weight is 595 g/mol. The Morgan fingerprint density at radius 3 is 2.49 bits per heavy atom. The maximum atomic E-state index is 13.5. The molecule has 6 N–H and O–H groups in total. The van der Waals surface area contributed by atoms with Crippen LogP contribution in [0.25, 0.3) is 28.4 Å². The van der Waals surface area contributed by atoms with E-state index in [1.165, 1.54) is 55.7 Å². The van der Waals surface area contributed by atoms with E-state index in [0.717, 1.165) is 18.2 Å². The lowest BCUT2D eigenvalue weighted by Gasteiger charge is -2.25. The highest BCUT2D eigenvalue weighted by atomic mass is 16.7. The number of hydrogen-bond donors (Lipinski definition) is 6. The number of aromatic hydroxyl groups is 4. The first kappa shape index (κ1) is 29.3. The van der Waals surface area contributed by atoms with Crippen LogP contribution < -0.4 is 14.9 Å². The Labute approximate surface area is 242 Å². The van der Waals surface area contributed by atoms with E-state index in [2.05, 4.69) is 0 Å². The van der Waals surface area contributed by atoms with Crippen molar-refractivity contribution in [2.75, 3.05) is 20.3 Å². The Hall–Kier alpha value is -5.24. The number of aliphatic hydroxyl groups excluding tert-OH is 1. The summed E-state index contributed by atoms with van der Waals surface area (Å²) in [4.78, 5) is 25.8. The molecule has 3 atom stereocenters. The van der Waals surface area contributed by atoms with Crippen molar-refractivity contribution in [2.45, 2.75) is 18.0 Å². The molecule has 1 aliphatic rings. The van der Waals surface area contributed by atoms with Crippen molar-refractivity contribution in [3.63, 3.8) is 0 Å². The summed E-state index contributed by atoms with van der Waals surface area (Å²) in [5, 5.41) is 61.1. The van der Waals surface area contributed by atoms with Crippen LogP contribution in [0.4, 0.5) is 0 Å². The van der Waals surface area contributed by atoms with E-state index in [9.17, 15) is 40.2 Å². The lowest BCUT2D eigenvalue weighted by molar-refractivity contribution is -0.153. The first-order chi connectivity index (χ1) is 20.5. The Morgan fingerprint density at radius 2 is 1.77 bits per heavy atom. The molecule has 0 amide bonds. The molecule has 224 valence electrons. The van der Waals surface area contributed by atoms with Gasteiger partial charge < -0.3 is 54.0 Å². The molecular weight excluding hydrogens is 568 g/mol. The van der Waals surface area contributed by atoms with Crippen molar-refractivity contribution in [3.8, 4) is 45.8 Å². The van der Waals surface area contributed by atoms with Crippen LogP contribution >= 0.6 is 0 Å². The number of methoxy groups -OCH3 is 1. The van der Waals surface area contributed by atoms with Gasteiger partial charge in [-0.25, -0.2) is 4.79 Å². The summed E-state index contributed by atoms with van der Waals surface area (Å²) in [6, 6.07) is 11.9. The third-order valence-corrected chi connectivity index (χ3v) is 6.67. The van der Waals surface area contributed by atoms with E-state index >= 15 is 0 Å². The van der Waals surface area contributed by atoms with Crippen LogP contribution in [0.3, 0.4) is 0 Å². The van der Waals surface area contributed by atoms with Crippen LogP contribution in [-0.4, -0.2) is 74.9 Å². The van der Waals surface area contributed by atoms with Crippen LogP contribution in [0.5, 0.6) is 34.5 Å². The maximum absolute atomic E-state index is 13.5. The van der Waals surface area contributed by atoms with Crippen molar-refractivity contribution in [3.05, 3.63) is 76.5 Å². The van der Waals surface area contributed by atoms with E-state index in [1.54, 1.807) is 0 Å². The second-order valence-corrected chi connectivity index (χ2v) is 9.69. The topological polar surface area (TPSA) is 206 Å². The van der Waals surface area contributed by atoms with Gasteiger partial charge in [0, 0.05) is 23.8 Å². The first-order valence-electron chi connectivity index (χ1n) is 12.7. The number of benzene rings is 3. The van der Waals surface area contributed by atoms with Crippen molar-refractivity contribution in [1.29, 1.82) is 0 Å². The first-order valence-corrected chi connectivity index (χ1v) is 12.7. The number of hydrogen-bond acceptors (Lipinski definition) is 13. The number of phenolic OH excluding ortho intramolecular Hbond substituents is 4. The molecule has 1 fully saturated rings. The van der Waals surface area contributed by atoms with Gasteiger partial charge in [0.05, 0.1) is 13.7 Å². The van der Waals surface area contributed by atoms with Crippen LogP contribution in [0.1, 0.15) is 5.56 Å². The third kappa shape index (κ3) is 5.90. The minimum absolute atomic E-state index is 0.0727. The molecule has 43 heavy (non-hydrogen) atoms. The molecule has 2 heterocycles. The molecule has 0 saturated carbocycles. The largest absolute Gasteiger partial charge is 0.508 e. The smallest absolute Gasteiger partial charge is 0.330 e. The minimum Gasteiger partial charge on any atom is -0.508 e. The Morgan fingerprint density at radius 1 is 1.02 bits per heavy atom. The standard InChI is InChI=1S/C30H26O13/c1-39-21-10-15(2-8-19(21)33)3-9-23(35)40-13-30(38)14-41-29(28(30)37)43-27-25(36)24-20(34)11-18(32)12-22(24)42-26(27)16-4-6-17(31)7-5-16/h2-12,28-29,31-34,37-38H,13-14H2,1H3/b9-3+/t28-,29+,30+/m1/s1. The Balaban J connectivity index is 1.36. The molecule has 0 bridgehead atoms. The predicted molar refractivity (Wildman–Crippen MR) is 149 cm³/mol. The van der Waals surface area contributed by atoms with Gasteiger partial charge in [-0.05, 0) is 48.0 Å². The van der Waals surface area contributed by atoms with Gasteiger partial charge >= 0.3 is 5.97 Å². The zero-order chi connectivity index (χ0) is 30.9. The van der Waals surface area contributed by atoms with E-state index in [0.29, 0.717) is 5.56 Å². The number of ether oxygens (including phenoxy) is 4. The van der Waals surface area contributed by atoms with Gasteiger partial charge in [-0.2, -0.15) is 0 Å². The molecule has 1 saturated heterocycles. The summed E-state index contributed by atoms with van der Waals surface area (Å²) in [5.41, 5.74) is -2.41. The highest BCUT2D eigenvalue weighted by molar-refractivity contribution is 5.88. The number of esters is 1. The number of fused-ring (bicyclic) bond motifs is 1. The molecule has 0 spiro atoms. The summed E-state index contributed by atoms with van der Waals surface area (Å²) in [6.07, 6.45) is -0.998. The van der Waals surface area contributed by atoms with Crippen LogP contribution in [-0.2, 0) is 14.3 Å². The molecule has 5 rings (SSSR count). The maximum Gasteiger partial charge on any atom is 0.330 e. The van der Waals surface area contributed by atoms with Gasteiger partial charge in [0.2, 0.25) is 17.5 Å². The lowest BCUT2D eigenvalue weighted by Crippen LogP contribution is -2.49. The normalized spacial score (nSPS) is 20.0. The minimum atomic E-state index is -2.13. The van der Waals surface area contributed by atoms with Crippen molar-refractivity contribution >= 4 is 23.0 Å². The fourth-order valence-corrected chi connectivity index (χ4v) is 4.38. The number of carbonyl (C=O) groups excluding carboxylic acids is 1. The SMILES string of the molecule is COc1cc(/C=C/C(=O)OC[C@]2(O)CO[C@@H](Oc3c(-c4ccc(O)cc4)oc4cc(O)cc(O)c4c3=O)[C@H]2O)ccc1O. The van der Waals surface area contributed by atoms with Gasteiger partial charge in [-0.15, -0.1) is 0 Å². The van der Waals surface area contributed by atoms with Gasteiger partial charge in [0.15, 0.2) is 29.0 Å². The van der Waals surface area contributed by atoms with Crippen molar-refractivity contribution < 1.29 is 58.8 Å². The molecule has 4 aromatic rings. The number of aliphatic hydroxyl groups is 2. The summed E-state index contributed by atoms with van der Waals surface area (Å²) >= 11 is 0. The van der Waals surface area contributed by atoms with Gasteiger partial charge in [0.1, 0.15) is 34.8 Å². The number of carbonyl (C=O) groups is 1. The molecule has 3 aromatic carbocycles. The highest BCUT2D eigenvalue weighted by Crippen LogP contribution is 2.38. The van der Waals surface area contributed by atoms with Crippen LogP contribution in [0, 0.1) is 0 Å². The predicted octanol–water partition coefficient (Wildman–Crippen LogP) is 2.37. The second kappa shape index (κ2) is 11.6. The highest BCUT2D eigenvalue weighted by Gasteiger charge is 2.51. The summed E-state index contributed by atoms with van der Waals surface area (Å²) in [7, 11) is 1.37. The van der Waals surface area contributed by atoms with E-state index in [-0.39, 0.29) is 45.3 Å². The Kier molecular flexibility index (Phi) is 7.87. The van der Waals surface area contributed by atoms with E-state index in [4.69, 9.17) is 23.4 Å². The van der Waals surface area contributed by atoms with E-state index < -0.39 is 54.1 Å². The average Bonchev–Trinajstić information content (AvgIpc) is 3.25. The zero-order valence-corrected chi connectivity index (χ0v) is 22.5. The molecular formula is C30H26O13. The Bertz CT molecular complexity index is 1760. The van der Waals surface area contributed by atoms with Crippen LogP contribution in [0.15, 0.2) is 69.9 Å². The molecule has 0 radical (unpaired) electrons. The monoisotopic (exact) mass is 594 g/mol. The number of rotatable bonds is 8. The summed E-state index contributed by atoms with van der Waals surface area (Å²) in [5.74, 6) is -2.47. The fraction of sp³-hybridized carbons (Fsp3) is 0.200. The van der Waals surface area contributed by atoms with Gasteiger partial charge in [-0.3, -0.25) is 4.79 Å². The molecule has 1 aliphatic heterocycles. The van der Waals surface area contributed by atoms with Crippen molar-refractivity contribution in [2.24, 2.45) is 0 Å². The van der Waals surface area contributed by atoms with Crippen LogP contribution in [0.2, 0.25) is 0 Å². The third-order valence-electron chi connectivity index (χ3n) is 6.67. The second-order valence-electron chi connectivity index (χ2n) is 9.69. The summed E-state index contributed by atoms with van der Waals surface area (Å²) in [6.45, 7) is -1.25. The molecule has 13 nitrogen and oxygen atoms in total. The fourth-order valence-electron chi connectivity index (χ4n) is 4.38. The van der Waals surface area contributed by atoms with E-state index in [1.807, 2.05) is 0 Å². The zero-order valence-electron chi connectivity index (χ0n) is 22.5. The van der Waals surface area contributed by atoms with Crippen molar-refractivity contribution in [1.82, 2.24) is 0 Å². The molecule has 1 aromatic heterocycles. The quantitative estimate of drug-likeness (QED) is 0.128. The summed E-state index contributed by atoms with van der Waals surface area (Å²) < 4.78 is 27.0.